The Hall–Kier alpha value is -1.26. The van der Waals surface area contributed by atoms with Crippen LogP contribution in [0.4, 0.5) is 4.79 Å². The summed E-state index contributed by atoms with van der Waals surface area (Å²) >= 11 is 0. The second kappa shape index (κ2) is 6.47. The van der Waals surface area contributed by atoms with E-state index in [1.165, 1.54) is 0 Å². The van der Waals surface area contributed by atoms with E-state index in [2.05, 4.69) is 10.6 Å². The quantitative estimate of drug-likeness (QED) is 0.667. The van der Waals surface area contributed by atoms with Gasteiger partial charge in [-0.05, 0) is 17.8 Å². The average molecular weight is 244 g/mol. The largest absolute Gasteiger partial charge is 0.480 e. The third kappa shape index (κ3) is 6.14. The van der Waals surface area contributed by atoms with Crippen molar-refractivity contribution in [2.24, 2.45) is 11.3 Å². The van der Waals surface area contributed by atoms with Crippen molar-refractivity contribution in [2.75, 3.05) is 6.54 Å². The maximum Gasteiger partial charge on any atom is 0.326 e. The summed E-state index contributed by atoms with van der Waals surface area (Å²) in [5, 5.41) is 14.1. The zero-order chi connectivity index (χ0) is 13.6. The minimum absolute atomic E-state index is 0.0217. The van der Waals surface area contributed by atoms with E-state index in [9.17, 15) is 9.59 Å². The molecule has 5 heteroatoms. The van der Waals surface area contributed by atoms with Gasteiger partial charge in [-0.25, -0.2) is 9.59 Å². The van der Waals surface area contributed by atoms with Crippen LogP contribution >= 0.6 is 0 Å². The number of amides is 2. The highest BCUT2D eigenvalue weighted by Gasteiger charge is 2.24. The van der Waals surface area contributed by atoms with Crippen molar-refractivity contribution in [3.05, 3.63) is 0 Å². The SMILES string of the molecule is CCC(C)(C)CNC(=O)NC(C(=O)O)C(C)C. The van der Waals surface area contributed by atoms with Crippen molar-refractivity contribution in [1.29, 1.82) is 0 Å². The molecule has 0 radical (unpaired) electrons. The lowest BCUT2D eigenvalue weighted by molar-refractivity contribution is -0.140. The van der Waals surface area contributed by atoms with Crippen LogP contribution in [0.5, 0.6) is 0 Å². The molecule has 0 aromatic heterocycles. The number of urea groups is 1. The maximum absolute atomic E-state index is 11.5. The van der Waals surface area contributed by atoms with Gasteiger partial charge in [0.2, 0.25) is 0 Å². The number of carbonyl (C=O) groups is 2. The highest BCUT2D eigenvalue weighted by atomic mass is 16.4. The second-order valence-electron chi connectivity index (χ2n) is 5.40. The molecule has 5 nitrogen and oxygen atoms in total. The van der Waals surface area contributed by atoms with Crippen LogP contribution < -0.4 is 10.6 Å². The van der Waals surface area contributed by atoms with Crippen LogP contribution in [0.2, 0.25) is 0 Å². The molecule has 1 unspecified atom stereocenters. The first-order valence-corrected chi connectivity index (χ1v) is 5.97. The van der Waals surface area contributed by atoms with Crippen LogP contribution in [-0.2, 0) is 4.79 Å². The lowest BCUT2D eigenvalue weighted by Gasteiger charge is -2.24. The van der Waals surface area contributed by atoms with Crippen LogP contribution in [0.15, 0.2) is 0 Å². The predicted octanol–water partition coefficient (Wildman–Crippen LogP) is 1.83. The summed E-state index contributed by atoms with van der Waals surface area (Å²) in [7, 11) is 0. The Kier molecular flexibility index (Phi) is 5.99. The molecule has 0 aliphatic rings. The van der Waals surface area contributed by atoms with E-state index in [-0.39, 0.29) is 11.3 Å². The molecular formula is C12H24N2O3. The molecule has 100 valence electrons. The Balaban J connectivity index is 4.21. The van der Waals surface area contributed by atoms with Crippen LogP contribution in [0, 0.1) is 11.3 Å². The Morgan fingerprint density at radius 1 is 1.29 bits per heavy atom. The minimum Gasteiger partial charge on any atom is -0.480 e. The zero-order valence-electron chi connectivity index (χ0n) is 11.3. The van der Waals surface area contributed by atoms with Gasteiger partial charge in [0.05, 0.1) is 0 Å². The van der Waals surface area contributed by atoms with E-state index in [0.717, 1.165) is 6.42 Å². The molecule has 0 aromatic rings. The van der Waals surface area contributed by atoms with Gasteiger partial charge >= 0.3 is 12.0 Å². The molecule has 17 heavy (non-hydrogen) atoms. The molecule has 2 amide bonds. The molecule has 0 aliphatic carbocycles. The zero-order valence-corrected chi connectivity index (χ0v) is 11.3. The molecule has 0 fully saturated rings. The van der Waals surface area contributed by atoms with E-state index >= 15 is 0 Å². The number of carboxylic acids is 1. The number of aliphatic carboxylic acids is 1. The fourth-order valence-electron chi connectivity index (χ4n) is 1.15. The highest BCUT2D eigenvalue weighted by Crippen LogP contribution is 2.17. The molecule has 0 bridgehead atoms. The Labute approximate surface area is 103 Å². The van der Waals surface area contributed by atoms with E-state index in [1.54, 1.807) is 13.8 Å². The van der Waals surface area contributed by atoms with Crippen molar-refractivity contribution in [1.82, 2.24) is 10.6 Å². The van der Waals surface area contributed by atoms with Gasteiger partial charge in [-0.3, -0.25) is 0 Å². The molecule has 0 saturated heterocycles. The monoisotopic (exact) mass is 244 g/mol. The smallest absolute Gasteiger partial charge is 0.326 e. The lowest BCUT2D eigenvalue weighted by atomic mass is 9.90. The van der Waals surface area contributed by atoms with Crippen LogP contribution in [0.1, 0.15) is 41.0 Å². The summed E-state index contributed by atoms with van der Waals surface area (Å²) in [6, 6.07) is -1.27. The Bertz CT molecular complexity index is 275. The van der Waals surface area contributed by atoms with Gasteiger partial charge in [0.1, 0.15) is 6.04 Å². The standard InChI is InChI=1S/C12H24N2O3/c1-6-12(4,5)7-13-11(17)14-9(8(2)3)10(15)16/h8-9H,6-7H2,1-5H3,(H,15,16)(H2,13,14,17). The summed E-state index contributed by atoms with van der Waals surface area (Å²) in [6.07, 6.45) is 0.944. The summed E-state index contributed by atoms with van der Waals surface area (Å²) in [5.74, 6) is -1.15. The summed E-state index contributed by atoms with van der Waals surface area (Å²) in [4.78, 5) is 22.4. The number of hydrogen-bond donors (Lipinski definition) is 3. The van der Waals surface area contributed by atoms with E-state index in [4.69, 9.17) is 5.11 Å². The molecule has 0 aliphatic heterocycles. The lowest BCUT2D eigenvalue weighted by Crippen LogP contribution is -2.50. The molecule has 3 N–H and O–H groups in total. The maximum atomic E-state index is 11.5. The van der Waals surface area contributed by atoms with Gasteiger partial charge in [-0.1, -0.05) is 34.6 Å². The van der Waals surface area contributed by atoms with Crippen LogP contribution in [-0.4, -0.2) is 29.7 Å². The molecule has 0 aromatic carbocycles. The van der Waals surface area contributed by atoms with E-state index in [0.29, 0.717) is 6.54 Å². The summed E-state index contributed by atoms with van der Waals surface area (Å²) in [5.41, 5.74) is 0.0217. The van der Waals surface area contributed by atoms with Crippen LogP contribution in [0.3, 0.4) is 0 Å². The number of rotatable bonds is 6. The van der Waals surface area contributed by atoms with Gasteiger partial charge in [-0.2, -0.15) is 0 Å². The summed E-state index contributed by atoms with van der Waals surface area (Å²) in [6.45, 7) is 10.2. The molecular weight excluding hydrogens is 220 g/mol. The normalized spacial score (nSPS) is 13.3. The topological polar surface area (TPSA) is 78.4 Å². The average Bonchev–Trinajstić information content (AvgIpc) is 2.22. The Morgan fingerprint density at radius 3 is 2.18 bits per heavy atom. The van der Waals surface area contributed by atoms with Crippen molar-refractivity contribution < 1.29 is 14.7 Å². The summed E-state index contributed by atoms with van der Waals surface area (Å²) < 4.78 is 0. The molecule has 0 rings (SSSR count). The number of carbonyl (C=O) groups excluding carboxylic acids is 1. The molecule has 0 heterocycles. The van der Waals surface area contributed by atoms with Gasteiger partial charge in [0.25, 0.3) is 0 Å². The van der Waals surface area contributed by atoms with Crippen molar-refractivity contribution in [2.45, 2.75) is 47.1 Å². The fourth-order valence-corrected chi connectivity index (χ4v) is 1.15. The highest BCUT2D eigenvalue weighted by molar-refractivity contribution is 5.82. The van der Waals surface area contributed by atoms with Gasteiger partial charge in [0.15, 0.2) is 0 Å². The number of carboxylic acid groups (broad SMARTS) is 1. The first-order valence-electron chi connectivity index (χ1n) is 5.97. The van der Waals surface area contributed by atoms with Gasteiger partial charge in [0, 0.05) is 6.54 Å². The number of hydrogen-bond acceptors (Lipinski definition) is 2. The van der Waals surface area contributed by atoms with Crippen LogP contribution in [0.25, 0.3) is 0 Å². The Morgan fingerprint density at radius 2 is 1.82 bits per heavy atom. The third-order valence-electron chi connectivity index (χ3n) is 2.90. The molecule has 0 saturated carbocycles. The van der Waals surface area contributed by atoms with E-state index in [1.807, 2.05) is 20.8 Å². The van der Waals surface area contributed by atoms with Crippen molar-refractivity contribution in [3.63, 3.8) is 0 Å². The fraction of sp³-hybridized carbons (Fsp3) is 0.833. The van der Waals surface area contributed by atoms with E-state index < -0.39 is 18.0 Å². The molecule has 0 spiro atoms. The third-order valence-corrected chi connectivity index (χ3v) is 2.90. The first kappa shape index (κ1) is 15.7. The van der Waals surface area contributed by atoms with Crippen molar-refractivity contribution >= 4 is 12.0 Å². The van der Waals surface area contributed by atoms with Gasteiger partial charge < -0.3 is 15.7 Å². The second-order valence-corrected chi connectivity index (χ2v) is 5.40. The predicted molar refractivity (Wildman–Crippen MR) is 66.9 cm³/mol. The van der Waals surface area contributed by atoms with Crippen molar-refractivity contribution in [3.8, 4) is 0 Å². The molecule has 1 atom stereocenters. The number of nitrogens with one attached hydrogen (secondary N) is 2. The first-order chi connectivity index (χ1) is 7.69. The van der Waals surface area contributed by atoms with Gasteiger partial charge in [-0.15, -0.1) is 0 Å². The minimum atomic E-state index is -1.01.